The third-order valence-electron chi connectivity index (χ3n) is 5.15. The Morgan fingerprint density at radius 1 is 1.06 bits per heavy atom. The summed E-state index contributed by atoms with van der Waals surface area (Å²) in [6.07, 6.45) is -4.62. The monoisotopic (exact) mass is 480 g/mol. The minimum atomic E-state index is -4.62. The van der Waals surface area contributed by atoms with Gasteiger partial charge in [-0.2, -0.15) is 18.3 Å². The zero-order valence-corrected chi connectivity index (χ0v) is 19.5. The van der Waals surface area contributed by atoms with E-state index in [-0.39, 0.29) is 22.0 Å². The molecule has 1 aromatic heterocycles. The number of halogens is 3. The normalized spacial score (nSPS) is 12.3. The molecule has 176 valence electrons. The van der Waals surface area contributed by atoms with Crippen molar-refractivity contribution in [2.24, 2.45) is 0 Å². The van der Waals surface area contributed by atoms with E-state index in [1.54, 1.807) is 20.8 Å². The number of sulfonamides is 1. The maximum atomic E-state index is 13.5. The molecule has 0 unspecified atom stereocenters. The van der Waals surface area contributed by atoms with Crippen LogP contribution in [0.4, 0.5) is 19.0 Å². The summed E-state index contributed by atoms with van der Waals surface area (Å²) >= 11 is 0. The van der Waals surface area contributed by atoms with Gasteiger partial charge in [0.1, 0.15) is 5.82 Å². The Hall–Kier alpha value is -3.18. The molecule has 0 fully saturated rings. The van der Waals surface area contributed by atoms with Crippen molar-refractivity contribution in [3.63, 3.8) is 0 Å². The van der Waals surface area contributed by atoms with Gasteiger partial charge in [0, 0.05) is 25.7 Å². The topological polar surface area (TPSA) is 84.3 Å². The van der Waals surface area contributed by atoms with Crippen LogP contribution in [0, 0.1) is 20.8 Å². The van der Waals surface area contributed by atoms with Crippen LogP contribution in [0.25, 0.3) is 5.69 Å². The van der Waals surface area contributed by atoms with E-state index in [1.807, 2.05) is 0 Å². The van der Waals surface area contributed by atoms with Crippen LogP contribution < -0.4 is 5.32 Å². The Balaban J connectivity index is 2.06. The number of nitrogens with one attached hydrogen (secondary N) is 1. The summed E-state index contributed by atoms with van der Waals surface area (Å²) in [6, 6.07) is 9.10. The van der Waals surface area contributed by atoms with Crippen molar-refractivity contribution in [2.45, 2.75) is 31.8 Å². The standard InChI is InChI=1S/C22H23F3N4O3S/c1-13-10-16(12-19(15(13)3)33(31,32)28(4)5)21(30)26-20-11-14(2)27-29(20)18-9-7-6-8-17(18)22(23,24)25/h6-12H,1-5H3,(H,26,30). The van der Waals surface area contributed by atoms with Crippen molar-refractivity contribution in [1.29, 1.82) is 0 Å². The van der Waals surface area contributed by atoms with Gasteiger partial charge in [0.15, 0.2) is 0 Å². The lowest BCUT2D eigenvalue weighted by Gasteiger charge is -2.17. The minimum absolute atomic E-state index is 0.0180. The number of benzene rings is 2. The van der Waals surface area contributed by atoms with Gasteiger partial charge in [-0.25, -0.2) is 17.4 Å². The summed E-state index contributed by atoms with van der Waals surface area (Å²) in [5.74, 6) is -0.664. The van der Waals surface area contributed by atoms with Gasteiger partial charge in [-0.05, 0) is 56.2 Å². The van der Waals surface area contributed by atoms with Crippen LogP contribution in [0.3, 0.4) is 0 Å². The van der Waals surface area contributed by atoms with E-state index in [2.05, 4.69) is 10.4 Å². The van der Waals surface area contributed by atoms with Crippen molar-refractivity contribution >= 4 is 21.7 Å². The highest BCUT2D eigenvalue weighted by molar-refractivity contribution is 7.89. The van der Waals surface area contributed by atoms with Gasteiger partial charge in [0.05, 0.1) is 21.8 Å². The molecular formula is C22H23F3N4O3S. The molecule has 0 radical (unpaired) electrons. The molecule has 7 nitrogen and oxygen atoms in total. The molecule has 3 aromatic rings. The van der Waals surface area contributed by atoms with E-state index in [0.29, 0.717) is 16.8 Å². The van der Waals surface area contributed by atoms with E-state index in [4.69, 9.17) is 0 Å². The predicted molar refractivity (Wildman–Crippen MR) is 118 cm³/mol. The lowest BCUT2D eigenvalue weighted by molar-refractivity contribution is -0.137. The molecule has 1 heterocycles. The maximum absolute atomic E-state index is 13.5. The summed E-state index contributed by atoms with van der Waals surface area (Å²) in [7, 11) is -1.05. The highest BCUT2D eigenvalue weighted by Gasteiger charge is 2.34. The van der Waals surface area contributed by atoms with E-state index in [0.717, 1.165) is 15.1 Å². The smallest absolute Gasteiger partial charge is 0.306 e. The number of hydrogen-bond donors (Lipinski definition) is 1. The van der Waals surface area contributed by atoms with Crippen molar-refractivity contribution in [3.05, 3.63) is 70.4 Å². The van der Waals surface area contributed by atoms with Gasteiger partial charge in [-0.15, -0.1) is 0 Å². The fourth-order valence-electron chi connectivity index (χ4n) is 3.28. The number of carbonyl (C=O) groups excluding carboxylic acids is 1. The molecule has 2 aromatic carbocycles. The Bertz CT molecular complexity index is 1330. The molecule has 0 aliphatic rings. The average Bonchev–Trinajstić information content (AvgIpc) is 3.08. The molecule has 3 rings (SSSR count). The summed E-state index contributed by atoms with van der Waals surface area (Å²) in [4.78, 5) is 13.0. The second-order valence-electron chi connectivity index (χ2n) is 7.76. The number of para-hydroxylation sites is 1. The Morgan fingerprint density at radius 3 is 2.30 bits per heavy atom. The summed E-state index contributed by atoms with van der Waals surface area (Å²) in [5, 5.41) is 6.68. The van der Waals surface area contributed by atoms with Crippen LogP contribution in [0.1, 0.15) is 32.7 Å². The first kappa shape index (κ1) is 24.5. The number of aryl methyl sites for hydroxylation is 2. The van der Waals surface area contributed by atoms with Crippen LogP contribution in [-0.4, -0.2) is 42.5 Å². The molecule has 33 heavy (non-hydrogen) atoms. The SMILES string of the molecule is Cc1cc(NC(=O)c2cc(C)c(C)c(S(=O)(=O)N(C)C)c2)n(-c2ccccc2C(F)(F)F)n1. The summed E-state index contributed by atoms with van der Waals surface area (Å²) in [6.45, 7) is 4.90. The first-order valence-corrected chi connectivity index (χ1v) is 11.3. The second kappa shape index (κ2) is 8.64. The molecule has 0 aliphatic heterocycles. The number of amides is 1. The van der Waals surface area contributed by atoms with Crippen LogP contribution in [0.2, 0.25) is 0 Å². The van der Waals surface area contributed by atoms with Crippen LogP contribution in [-0.2, 0) is 16.2 Å². The van der Waals surface area contributed by atoms with Crippen LogP contribution in [0.5, 0.6) is 0 Å². The first-order valence-electron chi connectivity index (χ1n) is 9.82. The molecule has 0 saturated carbocycles. The van der Waals surface area contributed by atoms with Gasteiger partial charge in [0.25, 0.3) is 5.91 Å². The fourth-order valence-corrected chi connectivity index (χ4v) is 4.50. The third-order valence-corrected chi connectivity index (χ3v) is 7.09. The zero-order chi connectivity index (χ0) is 24.7. The lowest BCUT2D eigenvalue weighted by Crippen LogP contribution is -2.24. The zero-order valence-electron chi connectivity index (χ0n) is 18.6. The van der Waals surface area contributed by atoms with Gasteiger partial charge in [-0.1, -0.05) is 12.1 Å². The number of nitrogens with zero attached hydrogens (tertiary/aromatic N) is 3. The number of hydrogen-bond acceptors (Lipinski definition) is 4. The minimum Gasteiger partial charge on any atom is -0.306 e. The molecule has 0 spiro atoms. The molecule has 0 atom stereocenters. The molecular weight excluding hydrogens is 457 g/mol. The van der Waals surface area contributed by atoms with E-state index < -0.39 is 27.7 Å². The lowest BCUT2D eigenvalue weighted by atomic mass is 10.1. The van der Waals surface area contributed by atoms with Crippen LogP contribution in [0.15, 0.2) is 47.4 Å². The predicted octanol–water partition coefficient (Wildman–Crippen LogP) is 4.32. The number of aromatic nitrogens is 2. The highest BCUT2D eigenvalue weighted by atomic mass is 32.2. The Morgan fingerprint density at radius 2 is 1.70 bits per heavy atom. The van der Waals surface area contributed by atoms with Crippen LogP contribution >= 0.6 is 0 Å². The fraction of sp³-hybridized carbons (Fsp3) is 0.273. The second-order valence-corrected chi connectivity index (χ2v) is 9.88. The Kier molecular flexibility index (Phi) is 6.40. The first-order chi connectivity index (χ1) is 15.2. The number of rotatable bonds is 5. The quantitative estimate of drug-likeness (QED) is 0.590. The Labute approximate surface area is 189 Å². The number of alkyl halides is 3. The molecule has 11 heteroatoms. The maximum Gasteiger partial charge on any atom is 0.418 e. The van der Waals surface area contributed by atoms with Gasteiger partial charge in [0.2, 0.25) is 10.0 Å². The highest BCUT2D eigenvalue weighted by Crippen LogP contribution is 2.35. The van der Waals surface area contributed by atoms with E-state index in [9.17, 15) is 26.4 Å². The molecule has 0 saturated heterocycles. The molecule has 1 amide bonds. The third kappa shape index (κ3) is 4.79. The molecule has 1 N–H and O–H groups in total. The average molecular weight is 481 g/mol. The summed E-state index contributed by atoms with van der Waals surface area (Å²) in [5.41, 5.74) is 0.361. The van der Waals surface area contributed by atoms with Gasteiger partial charge in [-0.3, -0.25) is 4.79 Å². The van der Waals surface area contributed by atoms with Gasteiger partial charge >= 0.3 is 6.18 Å². The van der Waals surface area contributed by atoms with Crippen molar-refractivity contribution in [2.75, 3.05) is 19.4 Å². The number of carbonyl (C=O) groups is 1. The van der Waals surface area contributed by atoms with E-state index in [1.165, 1.54) is 50.5 Å². The van der Waals surface area contributed by atoms with Crippen molar-refractivity contribution < 1.29 is 26.4 Å². The van der Waals surface area contributed by atoms with Gasteiger partial charge < -0.3 is 5.32 Å². The largest absolute Gasteiger partial charge is 0.418 e. The number of anilines is 1. The van der Waals surface area contributed by atoms with Crippen molar-refractivity contribution in [3.8, 4) is 5.69 Å². The molecule has 0 aliphatic carbocycles. The van der Waals surface area contributed by atoms with E-state index >= 15 is 0 Å². The molecule has 0 bridgehead atoms. The summed E-state index contributed by atoms with van der Waals surface area (Å²) < 4.78 is 68.0. The van der Waals surface area contributed by atoms with Crippen molar-refractivity contribution in [1.82, 2.24) is 14.1 Å².